The van der Waals surface area contributed by atoms with Gasteiger partial charge in [-0.3, -0.25) is 0 Å². The van der Waals surface area contributed by atoms with Gasteiger partial charge in [-0.15, -0.1) is 0 Å². The number of benzene rings is 1. The van der Waals surface area contributed by atoms with Gasteiger partial charge in [0.05, 0.1) is 4.47 Å². The van der Waals surface area contributed by atoms with Gasteiger partial charge < -0.3 is 5.32 Å². The van der Waals surface area contributed by atoms with Crippen LogP contribution in [0, 0.1) is 5.82 Å². The lowest BCUT2D eigenvalue weighted by molar-refractivity contribution is 0.456. The summed E-state index contributed by atoms with van der Waals surface area (Å²) in [6.07, 6.45) is 7.13. The smallest absolute Gasteiger partial charge is 0.137 e. The third-order valence-electron chi connectivity index (χ3n) is 3.31. The van der Waals surface area contributed by atoms with E-state index < -0.39 is 0 Å². The van der Waals surface area contributed by atoms with Gasteiger partial charge in [-0.05, 0) is 59.4 Å². The minimum Gasteiger partial charge on any atom is -0.314 e. The molecule has 19 heavy (non-hydrogen) atoms. The Hall–Kier alpha value is -0.410. The zero-order chi connectivity index (χ0) is 14.1. The second-order valence-corrected chi connectivity index (χ2v) is 5.95. The quantitative estimate of drug-likeness (QED) is 0.623. The van der Waals surface area contributed by atoms with Gasteiger partial charge in [0.2, 0.25) is 0 Å². The predicted molar refractivity (Wildman–Crippen MR) is 84.0 cm³/mol. The highest BCUT2D eigenvalue weighted by atomic mass is 79.9. The van der Waals surface area contributed by atoms with Crippen LogP contribution in [0.5, 0.6) is 0 Å². The minimum absolute atomic E-state index is 0.187. The maximum Gasteiger partial charge on any atom is 0.137 e. The molecular weight excluding hydrogens is 305 g/mol. The topological polar surface area (TPSA) is 12.0 Å². The molecule has 1 N–H and O–H groups in total. The van der Waals surface area contributed by atoms with Gasteiger partial charge in [-0.25, -0.2) is 4.39 Å². The second-order valence-electron chi connectivity index (χ2n) is 5.10. The molecule has 1 rings (SSSR count). The fourth-order valence-electron chi connectivity index (χ4n) is 2.22. The van der Waals surface area contributed by atoms with Crippen LogP contribution in [0.2, 0.25) is 0 Å². The third kappa shape index (κ3) is 6.53. The molecule has 0 aliphatic rings. The van der Waals surface area contributed by atoms with Crippen LogP contribution in [0.1, 0.15) is 51.5 Å². The van der Waals surface area contributed by atoms with Crippen molar-refractivity contribution in [3.8, 4) is 0 Å². The molecule has 108 valence electrons. The van der Waals surface area contributed by atoms with Gasteiger partial charge in [0, 0.05) is 6.04 Å². The molecule has 0 saturated carbocycles. The minimum atomic E-state index is -0.187. The van der Waals surface area contributed by atoms with Gasteiger partial charge in [-0.2, -0.15) is 0 Å². The summed E-state index contributed by atoms with van der Waals surface area (Å²) < 4.78 is 13.8. The SMILES string of the molecule is CCCCCC(Cc1ccc(F)c(Br)c1)NCCC. The number of halogens is 2. The average molecular weight is 330 g/mol. The Morgan fingerprint density at radius 1 is 1.21 bits per heavy atom. The fourth-order valence-corrected chi connectivity index (χ4v) is 2.64. The first-order valence-corrected chi connectivity index (χ1v) is 8.14. The normalized spacial score (nSPS) is 12.6. The Balaban J connectivity index is 2.56. The Morgan fingerprint density at radius 3 is 2.63 bits per heavy atom. The highest BCUT2D eigenvalue weighted by Gasteiger charge is 2.10. The molecule has 1 unspecified atom stereocenters. The summed E-state index contributed by atoms with van der Waals surface area (Å²) in [4.78, 5) is 0. The van der Waals surface area contributed by atoms with Crippen molar-refractivity contribution in [3.05, 3.63) is 34.1 Å². The molecule has 3 heteroatoms. The Kier molecular flexibility index (Phi) is 8.31. The first kappa shape index (κ1) is 16.6. The average Bonchev–Trinajstić information content (AvgIpc) is 2.40. The van der Waals surface area contributed by atoms with Crippen molar-refractivity contribution in [2.45, 2.75) is 58.4 Å². The molecule has 0 aliphatic carbocycles. The maximum atomic E-state index is 13.2. The molecule has 0 aromatic heterocycles. The van der Waals surface area contributed by atoms with Crippen LogP contribution >= 0.6 is 15.9 Å². The largest absolute Gasteiger partial charge is 0.314 e. The lowest BCUT2D eigenvalue weighted by Gasteiger charge is -2.18. The summed E-state index contributed by atoms with van der Waals surface area (Å²) in [6.45, 7) is 5.47. The Morgan fingerprint density at radius 2 is 2.00 bits per heavy atom. The zero-order valence-electron chi connectivity index (χ0n) is 12.0. The van der Waals surface area contributed by atoms with E-state index in [1.807, 2.05) is 12.1 Å². The Labute approximate surface area is 125 Å². The first-order chi connectivity index (χ1) is 9.17. The lowest BCUT2D eigenvalue weighted by atomic mass is 10.00. The molecule has 0 heterocycles. The van der Waals surface area contributed by atoms with Gasteiger partial charge in [0.15, 0.2) is 0 Å². The van der Waals surface area contributed by atoms with Gasteiger partial charge in [-0.1, -0.05) is 39.2 Å². The first-order valence-electron chi connectivity index (χ1n) is 7.34. The molecule has 0 fully saturated rings. The number of nitrogens with one attached hydrogen (secondary N) is 1. The monoisotopic (exact) mass is 329 g/mol. The maximum absolute atomic E-state index is 13.2. The van der Waals surface area contributed by atoms with E-state index in [-0.39, 0.29) is 5.82 Å². The van der Waals surface area contributed by atoms with Gasteiger partial charge in [0.25, 0.3) is 0 Å². The molecule has 0 spiro atoms. The molecule has 0 aliphatic heterocycles. The van der Waals surface area contributed by atoms with Crippen LogP contribution in [0.15, 0.2) is 22.7 Å². The van der Waals surface area contributed by atoms with E-state index >= 15 is 0 Å². The van der Waals surface area contributed by atoms with Crippen LogP contribution in [0.3, 0.4) is 0 Å². The summed E-state index contributed by atoms with van der Waals surface area (Å²) in [7, 11) is 0. The summed E-state index contributed by atoms with van der Waals surface area (Å²) >= 11 is 3.26. The molecule has 0 bridgehead atoms. The molecule has 0 radical (unpaired) electrons. The van der Waals surface area contributed by atoms with E-state index in [0.29, 0.717) is 10.5 Å². The van der Waals surface area contributed by atoms with Crippen molar-refractivity contribution >= 4 is 15.9 Å². The van der Waals surface area contributed by atoms with Gasteiger partial charge in [0.1, 0.15) is 5.82 Å². The summed E-state index contributed by atoms with van der Waals surface area (Å²) in [5.74, 6) is -0.187. The highest BCUT2D eigenvalue weighted by molar-refractivity contribution is 9.10. The summed E-state index contributed by atoms with van der Waals surface area (Å²) in [6, 6.07) is 5.84. The highest BCUT2D eigenvalue weighted by Crippen LogP contribution is 2.19. The van der Waals surface area contributed by atoms with Crippen molar-refractivity contribution in [1.82, 2.24) is 5.32 Å². The van der Waals surface area contributed by atoms with E-state index in [0.717, 1.165) is 19.4 Å². The van der Waals surface area contributed by atoms with Crippen LogP contribution in [0.25, 0.3) is 0 Å². The molecule has 1 atom stereocenters. The van der Waals surface area contributed by atoms with E-state index in [1.165, 1.54) is 31.2 Å². The van der Waals surface area contributed by atoms with Crippen molar-refractivity contribution in [2.75, 3.05) is 6.54 Å². The van der Waals surface area contributed by atoms with Crippen LogP contribution in [-0.2, 0) is 6.42 Å². The number of unbranched alkanes of at least 4 members (excludes halogenated alkanes) is 2. The van der Waals surface area contributed by atoms with Crippen molar-refractivity contribution in [1.29, 1.82) is 0 Å². The number of rotatable bonds is 9. The molecule has 0 saturated heterocycles. The Bertz CT molecular complexity index is 368. The third-order valence-corrected chi connectivity index (χ3v) is 3.91. The molecule has 1 aromatic rings. The van der Waals surface area contributed by atoms with Crippen LogP contribution in [0.4, 0.5) is 4.39 Å². The number of hydrogen-bond donors (Lipinski definition) is 1. The van der Waals surface area contributed by atoms with E-state index in [4.69, 9.17) is 0 Å². The van der Waals surface area contributed by atoms with E-state index in [9.17, 15) is 4.39 Å². The second kappa shape index (κ2) is 9.49. The molecule has 1 nitrogen and oxygen atoms in total. The van der Waals surface area contributed by atoms with E-state index in [1.54, 1.807) is 6.07 Å². The standard InChI is InChI=1S/C16H25BrFN/c1-3-5-6-7-14(19-10-4-2)11-13-8-9-16(18)15(17)12-13/h8-9,12,14,19H,3-7,10-11H2,1-2H3. The molecule has 1 aromatic carbocycles. The van der Waals surface area contributed by atoms with Crippen LogP contribution < -0.4 is 5.32 Å². The predicted octanol–water partition coefficient (Wildman–Crippen LogP) is 5.08. The van der Waals surface area contributed by atoms with Crippen molar-refractivity contribution in [3.63, 3.8) is 0 Å². The fraction of sp³-hybridized carbons (Fsp3) is 0.625. The summed E-state index contributed by atoms with van der Waals surface area (Å²) in [5.41, 5.74) is 1.19. The number of hydrogen-bond acceptors (Lipinski definition) is 1. The van der Waals surface area contributed by atoms with Crippen molar-refractivity contribution < 1.29 is 4.39 Å². The van der Waals surface area contributed by atoms with E-state index in [2.05, 4.69) is 35.1 Å². The van der Waals surface area contributed by atoms with Gasteiger partial charge >= 0.3 is 0 Å². The lowest BCUT2D eigenvalue weighted by Crippen LogP contribution is -2.31. The van der Waals surface area contributed by atoms with Crippen LogP contribution in [-0.4, -0.2) is 12.6 Å². The summed E-state index contributed by atoms with van der Waals surface area (Å²) in [5, 5.41) is 3.60. The van der Waals surface area contributed by atoms with Crippen molar-refractivity contribution in [2.24, 2.45) is 0 Å². The zero-order valence-corrected chi connectivity index (χ0v) is 13.6. The molecular formula is C16H25BrFN. The molecule has 0 amide bonds.